The topological polar surface area (TPSA) is 109 Å². The number of piperazine rings is 1. The van der Waals surface area contributed by atoms with Crippen LogP contribution in [0.3, 0.4) is 0 Å². The fraction of sp³-hybridized carbons (Fsp3) is 0.161. The molecular weight excluding hydrogens is 508 g/mol. The summed E-state index contributed by atoms with van der Waals surface area (Å²) < 4.78 is 5.69. The standard InChI is InChI=1S/C31H28N4O5/c1-22-6-8-23(9-7-22)31(37)34-20-18-33(19-21-34)25-12-10-24(11-13-25)32-30(36)17-15-26-14-16-29(40-26)27-4-2-3-5-28(27)35(38)39/h2-17H,18-21H2,1H3,(H,32,36)/b17-15+. The third kappa shape index (κ3) is 6.10. The van der Waals surface area contributed by atoms with Gasteiger partial charge in [-0.2, -0.15) is 0 Å². The molecule has 1 aromatic heterocycles. The maximum atomic E-state index is 12.8. The van der Waals surface area contributed by atoms with Gasteiger partial charge in [-0.25, -0.2) is 0 Å². The zero-order chi connectivity index (χ0) is 28.1. The minimum atomic E-state index is -0.459. The lowest BCUT2D eigenvalue weighted by Crippen LogP contribution is -2.48. The molecule has 1 aliphatic heterocycles. The summed E-state index contributed by atoms with van der Waals surface area (Å²) in [6.45, 7) is 4.73. The van der Waals surface area contributed by atoms with Gasteiger partial charge in [0.1, 0.15) is 11.5 Å². The number of anilines is 2. The van der Waals surface area contributed by atoms with Crippen LogP contribution in [-0.4, -0.2) is 47.8 Å². The van der Waals surface area contributed by atoms with Crippen molar-refractivity contribution in [3.05, 3.63) is 118 Å². The van der Waals surface area contributed by atoms with E-state index in [4.69, 9.17) is 4.42 Å². The molecule has 1 saturated heterocycles. The Morgan fingerprint density at radius 1 is 0.900 bits per heavy atom. The molecule has 0 spiro atoms. The van der Waals surface area contributed by atoms with Crippen LogP contribution in [0.15, 0.2) is 95.4 Å². The van der Waals surface area contributed by atoms with Crippen LogP contribution in [0.2, 0.25) is 0 Å². The van der Waals surface area contributed by atoms with Crippen molar-refractivity contribution in [2.75, 3.05) is 36.4 Å². The number of para-hydroxylation sites is 1. The average molecular weight is 537 g/mol. The molecule has 5 rings (SSSR count). The van der Waals surface area contributed by atoms with Crippen molar-refractivity contribution in [1.82, 2.24) is 4.90 Å². The highest BCUT2D eigenvalue weighted by molar-refractivity contribution is 6.01. The van der Waals surface area contributed by atoms with E-state index >= 15 is 0 Å². The number of amides is 2. The molecule has 9 nitrogen and oxygen atoms in total. The van der Waals surface area contributed by atoms with Gasteiger partial charge in [0, 0.05) is 55.3 Å². The molecule has 0 atom stereocenters. The van der Waals surface area contributed by atoms with E-state index in [-0.39, 0.29) is 17.5 Å². The fourth-order valence-electron chi connectivity index (χ4n) is 4.57. The van der Waals surface area contributed by atoms with Gasteiger partial charge in [-0.1, -0.05) is 29.8 Å². The summed E-state index contributed by atoms with van der Waals surface area (Å²) in [5.41, 5.74) is 3.82. The predicted octanol–water partition coefficient (Wildman–Crippen LogP) is 5.78. The van der Waals surface area contributed by atoms with Crippen molar-refractivity contribution >= 4 is 35.0 Å². The largest absolute Gasteiger partial charge is 0.456 e. The summed E-state index contributed by atoms with van der Waals surface area (Å²) in [4.78, 5) is 40.1. The zero-order valence-electron chi connectivity index (χ0n) is 21.9. The molecule has 3 aromatic carbocycles. The van der Waals surface area contributed by atoms with Crippen LogP contribution in [0.4, 0.5) is 17.1 Å². The molecule has 9 heteroatoms. The average Bonchev–Trinajstić information content (AvgIpc) is 3.46. The molecule has 202 valence electrons. The molecule has 4 aromatic rings. The Hall–Kier alpha value is -5.18. The Morgan fingerprint density at radius 2 is 1.60 bits per heavy atom. The van der Waals surface area contributed by atoms with Crippen LogP contribution in [-0.2, 0) is 4.79 Å². The SMILES string of the molecule is Cc1ccc(C(=O)N2CCN(c3ccc(NC(=O)/C=C/c4ccc(-c5ccccc5[N+](=O)[O-])o4)cc3)CC2)cc1. The first-order valence-electron chi connectivity index (χ1n) is 12.9. The van der Waals surface area contributed by atoms with E-state index in [2.05, 4.69) is 10.2 Å². The van der Waals surface area contributed by atoms with E-state index in [9.17, 15) is 19.7 Å². The van der Waals surface area contributed by atoms with Crippen molar-refractivity contribution in [2.24, 2.45) is 0 Å². The van der Waals surface area contributed by atoms with Gasteiger partial charge < -0.3 is 19.5 Å². The lowest BCUT2D eigenvalue weighted by Gasteiger charge is -2.36. The monoisotopic (exact) mass is 536 g/mol. The Labute approximate surface area is 231 Å². The van der Waals surface area contributed by atoms with E-state index < -0.39 is 4.92 Å². The number of rotatable bonds is 7. The van der Waals surface area contributed by atoms with E-state index in [1.54, 1.807) is 30.3 Å². The van der Waals surface area contributed by atoms with Crippen LogP contribution in [0, 0.1) is 17.0 Å². The minimum absolute atomic E-state index is 0.0498. The highest BCUT2D eigenvalue weighted by Crippen LogP contribution is 2.31. The van der Waals surface area contributed by atoms with Gasteiger partial charge in [-0.3, -0.25) is 19.7 Å². The molecule has 1 fully saturated rings. The second-order valence-corrected chi connectivity index (χ2v) is 9.49. The van der Waals surface area contributed by atoms with E-state index in [0.29, 0.717) is 41.4 Å². The van der Waals surface area contributed by atoms with Gasteiger partial charge in [0.15, 0.2) is 0 Å². The first-order chi connectivity index (χ1) is 19.4. The number of hydrogen-bond donors (Lipinski definition) is 1. The second kappa shape index (κ2) is 11.7. The summed E-state index contributed by atoms with van der Waals surface area (Å²) >= 11 is 0. The summed E-state index contributed by atoms with van der Waals surface area (Å²) in [5.74, 6) is 0.472. The smallest absolute Gasteiger partial charge is 0.280 e. The normalized spacial score (nSPS) is 13.4. The molecule has 40 heavy (non-hydrogen) atoms. The van der Waals surface area contributed by atoms with Gasteiger partial charge >= 0.3 is 0 Å². The third-order valence-electron chi connectivity index (χ3n) is 6.76. The van der Waals surface area contributed by atoms with Crippen molar-refractivity contribution in [1.29, 1.82) is 0 Å². The number of aryl methyl sites for hydroxylation is 1. The van der Waals surface area contributed by atoms with Crippen molar-refractivity contribution in [2.45, 2.75) is 6.92 Å². The van der Waals surface area contributed by atoms with Crippen molar-refractivity contribution in [3.63, 3.8) is 0 Å². The lowest BCUT2D eigenvalue weighted by molar-refractivity contribution is -0.384. The fourth-order valence-corrected chi connectivity index (χ4v) is 4.57. The van der Waals surface area contributed by atoms with Gasteiger partial charge in [0.2, 0.25) is 5.91 Å². The van der Waals surface area contributed by atoms with Gasteiger partial charge in [-0.05, 0) is 67.6 Å². The molecule has 0 bridgehead atoms. The molecule has 0 unspecified atom stereocenters. The van der Waals surface area contributed by atoms with E-state index in [1.165, 1.54) is 18.2 Å². The molecule has 1 aliphatic rings. The Morgan fingerprint density at radius 3 is 2.30 bits per heavy atom. The molecule has 0 saturated carbocycles. The van der Waals surface area contributed by atoms with Crippen LogP contribution in [0.25, 0.3) is 17.4 Å². The molecule has 2 heterocycles. The number of furan rings is 1. The number of nitro groups is 1. The molecule has 0 radical (unpaired) electrons. The molecular formula is C31H28N4O5. The summed E-state index contributed by atoms with van der Waals surface area (Å²) in [7, 11) is 0. The maximum absolute atomic E-state index is 12.8. The number of carbonyl (C=O) groups excluding carboxylic acids is 2. The predicted molar refractivity (Wildman–Crippen MR) is 154 cm³/mol. The van der Waals surface area contributed by atoms with Gasteiger partial charge in [0.25, 0.3) is 11.6 Å². The van der Waals surface area contributed by atoms with E-state index in [0.717, 1.165) is 24.3 Å². The van der Waals surface area contributed by atoms with Crippen LogP contribution in [0.5, 0.6) is 0 Å². The molecule has 2 amide bonds. The number of nitrogens with one attached hydrogen (secondary N) is 1. The third-order valence-corrected chi connectivity index (χ3v) is 6.76. The summed E-state index contributed by atoms with van der Waals surface area (Å²) in [6, 6.07) is 24.8. The minimum Gasteiger partial charge on any atom is -0.456 e. The number of carbonyl (C=O) groups is 2. The second-order valence-electron chi connectivity index (χ2n) is 9.49. The summed E-state index contributed by atoms with van der Waals surface area (Å²) in [6.07, 6.45) is 2.86. The first kappa shape index (κ1) is 26.4. The van der Waals surface area contributed by atoms with Crippen LogP contribution < -0.4 is 10.2 Å². The quantitative estimate of drug-likeness (QED) is 0.182. The Bertz CT molecular complexity index is 1550. The number of benzene rings is 3. The van der Waals surface area contributed by atoms with Crippen molar-refractivity contribution in [3.8, 4) is 11.3 Å². The highest BCUT2D eigenvalue weighted by atomic mass is 16.6. The number of nitrogens with zero attached hydrogens (tertiary/aromatic N) is 3. The molecule has 1 N–H and O–H groups in total. The highest BCUT2D eigenvalue weighted by Gasteiger charge is 2.22. The molecule has 0 aliphatic carbocycles. The number of hydrogen-bond acceptors (Lipinski definition) is 6. The lowest BCUT2D eigenvalue weighted by atomic mass is 10.1. The van der Waals surface area contributed by atoms with Gasteiger partial charge in [0.05, 0.1) is 10.5 Å². The van der Waals surface area contributed by atoms with E-state index in [1.807, 2.05) is 60.4 Å². The van der Waals surface area contributed by atoms with Crippen LogP contribution >= 0.6 is 0 Å². The summed E-state index contributed by atoms with van der Waals surface area (Å²) in [5, 5.41) is 14.1. The Kier molecular flexibility index (Phi) is 7.72. The Balaban J connectivity index is 1.13. The van der Waals surface area contributed by atoms with Crippen LogP contribution in [0.1, 0.15) is 21.7 Å². The zero-order valence-corrected chi connectivity index (χ0v) is 21.9. The number of nitro benzene ring substituents is 1. The van der Waals surface area contributed by atoms with Gasteiger partial charge in [-0.15, -0.1) is 0 Å². The maximum Gasteiger partial charge on any atom is 0.280 e. The van der Waals surface area contributed by atoms with Crippen molar-refractivity contribution < 1.29 is 18.9 Å². The first-order valence-corrected chi connectivity index (χ1v) is 12.9.